The number of nitro groups is 1. The van der Waals surface area contributed by atoms with Crippen LogP contribution in [-0.2, 0) is 0 Å². The Labute approximate surface area is 99.8 Å². The van der Waals surface area contributed by atoms with Crippen LogP contribution in [0.15, 0.2) is 18.3 Å². The fourth-order valence-corrected chi connectivity index (χ4v) is 1.58. The summed E-state index contributed by atoms with van der Waals surface area (Å²) < 4.78 is 0. The molecule has 6 heteroatoms. The minimum atomic E-state index is -0.556. The highest BCUT2D eigenvalue weighted by molar-refractivity contribution is 5.56. The molecule has 0 aliphatic rings. The van der Waals surface area contributed by atoms with Crippen molar-refractivity contribution in [3.63, 3.8) is 0 Å². The van der Waals surface area contributed by atoms with Crippen LogP contribution in [0, 0.1) is 10.1 Å². The maximum atomic E-state index is 10.8. The molecule has 0 saturated heterocycles. The number of pyridine rings is 1. The van der Waals surface area contributed by atoms with Gasteiger partial charge in [-0.15, -0.1) is 0 Å². The third kappa shape index (κ3) is 2.91. The lowest BCUT2D eigenvalue weighted by Crippen LogP contribution is -2.41. The predicted molar refractivity (Wildman–Crippen MR) is 64.9 cm³/mol. The number of nitrogens with zero attached hydrogens (tertiary/aromatic N) is 2. The predicted octanol–water partition coefficient (Wildman–Crippen LogP) is 1.95. The van der Waals surface area contributed by atoms with Gasteiger partial charge in [0.25, 0.3) is 0 Å². The lowest BCUT2D eigenvalue weighted by atomic mass is 9.94. The summed E-state index contributed by atoms with van der Waals surface area (Å²) in [4.78, 5) is 14.3. The number of nitrogens with one attached hydrogen (secondary N) is 1. The summed E-state index contributed by atoms with van der Waals surface area (Å²) in [5, 5.41) is 23.2. The van der Waals surface area contributed by atoms with E-state index in [-0.39, 0.29) is 18.1 Å². The first kappa shape index (κ1) is 13.4. The van der Waals surface area contributed by atoms with Gasteiger partial charge < -0.3 is 10.4 Å². The van der Waals surface area contributed by atoms with Crippen LogP contribution >= 0.6 is 0 Å². The van der Waals surface area contributed by atoms with Crippen molar-refractivity contribution in [2.75, 3.05) is 11.9 Å². The molecule has 0 aliphatic carbocycles. The minimum absolute atomic E-state index is 0.0766. The van der Waals surface area contributed by atoms with Crippen molar-refractivity contribution < 1.29 is 10.0 Å². The molecule has 0 aliphatic heterocycles. The monoisotopic (exact) mass is 239 g/mol. The molecule has 0 bridgehead atoms. The molecule has 0 saturated carbocycles. The first-order valence-electron chi connectivity index (χ1n) is 5.57. The average Bonchev–Trinajstić information content (AvgIpc) is 2.36. The normalized spacial score (nSPS) is 11.2. The van der Waals surface area contributed by atoms with Gasteiger partial charge in [0.05, 0.1) is 17.1 Å². The van der Waals surface area contributed by atoms with E-state index in [1.165, 1.54) is 18.3 Å². The first-order chi connectivity index (χ1) is 8.08. The number of rotatable bonds is 6. The highest BCUT2D eigenvalue weighted by atomic mass is 16.6. The second kappa shape index (κ2) is 5.58. The number of hydrogen-bond donors (Lipinski definition) is 2. The molecule has 2 N–H and O–H groups in total. The number of hydrogen-bond acceptors (Lipinski definition) is 5. The Morgan fingerprint density at radius 2 is 2.18 bits per heavy atom. The van der Waals surface area contributed by atoms with E-state index in [1.807, 2.05) is 13.8 Å². The summed E-state index contributed by atoms with van der Waals surface area (Å²) >= 11 is 0. The first-order valence-corrected chi connectivity index (χ1v) is 5.57. The lowest BCUT2D eigenvalue weighted by Gasteiger charge is -2.30. The van der Waals surface area contributed by atoms with Crippen LogP contribution in [0.2, 0.25) is 0 Å². The molecule has 6 nitrogen and oxygen atoms in total. The van der Waals surface area contributed by atoms with E-state index in [2.05, 4.69) is 10.3 Å². The zero-order valence-electron chi connectivity index (χ0n) is 10.0. The number of aliphatic hydroxyl groups is 1. The summed E-state index contributed by atoms with van der Waals surface area (Å²) in [6, 6.07) is 2.91. The van der Waals surface area contributed by atoms with Gasteiger partial charge in [0, 0.05) is 12.3 Å². The van der Waals surface area contributed by atoms with Crippen molar-refractivity contribution in [2.24, 2.45) is 0 Å². The van der Waals surface area contributed by atoms with Crippen LogP contribution in [0.1, 0.15) is 26.7 Å². The third-order valence-electron chi connectivity index (χ3n) is 3.02. The number of aliphatic hydroxyl groups excluding tert-OH is 1. The highest BCUT2D eigenvalue weighted by Crippen LogP contribution is 2.27. The molecule has 0 unspecified atom stereocenters. The van der Waals surface area contributed by atoms with E-state index in [0.717, 1.165) is 0 Å². The molecule has 0 atom stereocenters. The zero-order chi connectivity index (χ0) is 12.9. The standard InChI is InChI=1S/C11H17N3O3/c1-3-11(4-2,8-15)13-10-9(14(16)17)6-5-7-12-10/h5-7,15H,3-4,8H2,1-2H3,(H,12,13). The molecule has 1 heterocycles. The number of aromatic nitrogens is 1. The van der Waals surface area contributed by atoms with E-state index in [4.69, 9.17) is 0 Å². The molecular weight excluding hydrogens is 222 g/mol. The van der Waals surface area contributed by atoms with Crippen molar-refractivity contribution in [1.82, 2.24) is 4.98 Å². The summed E-state index contributed by atoms with van der Waals surface area (Å²) in [7, 11) is 0. The van der Waals surface area contributed by atoms with E-state index in [0.29, 0.717) is 12.8 Å². The van der Waals surface area contributed by atoms with Crippen molar-refractivity contribution in [2.45, 2.75) is 32.2 Å². The van der Waals surface area contributed by atoms with Gasteiger partial charge in [0.2, 0.25) is 5.82 Å². The van der Waals surface area contributed by atoms with Gasteiger partial charge in [-0.2, -0.15) is 0 Å². The van der Waals surface area contributed by atoms with Crippen LogP contribution in [0.4, 0.5) is 11.5 Å². The van der Waals surface area contributed by atoms with Crippen molar-refractivity contribution in [1.29, 1.82) is 0 Å². The summed E-state index contributed by atoms with van der Waals surface area (Å²) in [5.41, 5.74) is -0.633. The van der Waals surface area contributed by atoms with Gasteiger partial charge in [-0.1, -0.05) is 13.8 Å². The molecule has 0 amide bonds. The largest absolute Gasteiger partial charge is 0.394 e. The van der Waals surface area contributed by atoms with Crippen molar-refractivity contribution in [3.8, 4) is 0 Å². The second-order valence-corrected chi connectivity index (χ2v) is 3.90. The Kier molecular flexibility index (Phi) is 4.39. The Balaban J connectivity index is 3.05. The number of anilines is 1. The molecule has 94 valence electrons. The van der Waals surface area contributed by atoms with Crippen LogP contribution in [0.3, 0.4) is 0 Å². The van der Waals surface area contributed by atoms with Crippen LogP contribution in [0.25, 0.3) is 0 Å². The molecular formula is C11H17N3O3. The van der Waals surface area contributed by atoms with Crippen molar-refractivity contribution >= 4 is 11.5 Å². The lowest BCUT2D eigenvalue weighted by molar-refractivity contribution is -0.384. The average molecular weight is 239 g/mol. The molecule has 1 aromatic rings. The third-order valence-corrected chi connectivity index (χ3v) is 3.02. The fraction of sp³-hybridized carbons (Fsp3) is 0.545. The van der Waals surface area contributed by atoms with E-state index < -0.39 is 10.5 Å². The van der Waals surface area contributed by atoms with Crippen molar-refractivity contribution in [3.05, 3.63) is 28.4 Å². The van der Waals surface area contributed by atoms with Crippen LogP contribution in [0.5, 0.6) is 0 Å². The Bertz CT molecular complexity index is 383. The molecule has 0 fully saturated rings. The molecule has 0 spiro atoms. The fourth-order valence-electron chi connectivity index (χ4n) is 1.58. The van der Waals surface area contributed by atoms with Gasteiger partial charge >= 0.3 is 5.69 Å². The van der Waals surface area contributed by atoms with Gasteiger partial charge in [-0.05, 0) is 18.9 Å². The van der Waals surface area contributed by atoms with Crippen LogP contribution < -0.4 is 5.32 Å². The zero-order valence-corrected chi connectivity index (χ0v) is 10.0. The maximum absolute atomic E-state index is 10.8. The summed E-state index contributed by atoms with van der Waals surface area (Å²) in [5.74, 6) is 0.204. The van der Waals surface area contributed by atoms with E-state index in [9.17, 15) is 15.2 Å². The van der Waals surface area contributed by atoms with Gasteiger partial charge in [0.1, 0.15) is 0 Å². The SMILES string of the molecule is CCC(CC)(CO)Nc1ncccc1[N+](=O)[O-]. The Morgan fingerprint density at radius 3 is 2.65 bits per heavy atom. The van der Waals surface area contributed by atoms with Gasteiger partial charge in [-0.25, -0.2) is 4.98 Å². The van der Waals surface area contributed by atoms with Gasteiger partial charge in [-0.3, -0.25) is 10.1 Å². The quantitative estimate of drug-likeness (QED) is 0.585. The van der Waals surface area contributed by atoms with E-state index in [1.54, 1.807) is 0 Å². The molecule has 0 aromatic carbocycles. The smallest absolute Gasteiger partial charge is 0.311 e. The molecule has 17 heavy (non-hydrogen) atoms. The Hall–Kier alpha value is -1.69. The molecule has 0 radical (unpaired) electrons. The van der Waals surface area contributed by atoms with Crippen LogP contribution in [-0.4, -0.2) is 27.2 Å². The summed E-state index contributed by atoms with van der Waals surface area (Å²) in [6.07, 6.45) is 2.81. The maximum Gasteiger partial charge on any atom is 0.311 e. The summed E-state index contributed by atoms with van der Waals surface area (Å²) in [6.45, 7) is 3.75. The Morgan fingerprint density at radius 1 is 1.53 bits per heavy atom. The highest BCUT2D eigenvalue weighted by Gasteiger charge is 2.28. The van der Waals surface area contributed by atoms with Gasteiger partial charge in [0.15, 0.2) is 0 Å². The topological polar surface area (TPSA) is 88.3 Å². The van der Waals surface area contributed by atoms with E-state index >= 15 is 0 Å². The molecule has 1 rings (SSSR count). The second-order valence-electron chi connectivity index (χ2n) is 3.90. The molecule has 1 aromatic heterocycles. The minimum Gasteiger partial charge on any atom is -0.394 e.